The number of fused-ring (bicyclic) bond motifs is 1. The Labute approximate surface area is 144 Å². The Kier molecular flexibility index (Phi) is 5.09. The molecule has 3 rings (SSSR count). The molecule has 0 aliphatic heterocycles. The number of benzene rings is 2. The molecule has 0 unspecified atom stereocenters. The third-order valence-electron chi connectivity index (χ3n) is 3.83. The largest absolute Gasteiger partial charge is 0.497 e. The summed E-state index contributed by atoms with van der Waals surface area (Å²) in [5.74, 6) is 0.284. The molecule has 128 valence electrons. The third kappa shape index (κ3) is 3.85. The fourth-order valence-corrected chi connectivity index (χ4v) is 2.48. The van der Waals surface area contributed by atoms with E-state index in [9.17, 15) is 9.59 Å². The molecule has 3 aromatic rings. The van der Waals surface area contributed by atoms with Crippen molar-refractivity contribution in [3.63, 3.8) is 0 Å². The molecule has 0 saturated heterocycles. The summed E-state index contributed by atoms with van der Waals surface area (Å²) in [6, 6.07) is 13.9. The lowest BCUT2D eigenvalue weighted by Gasteiger charge is -2.08. The highest BCUT2D eigenvalue weighted by atomic mass is 16.5. The number of methoxy groups -OCH3 is 1. The lowest BCUT2D eigenvalue weighted by atomic mass is 10.2. The van der Waals surface area contributed by atoms with Crippen molar-refractivity contribution in [1.82, 2.24) is 9.55 Å². The van der Waals surface area contributed by atoms with Gasteiger partial charge in [0, 0.05) is 6.54 Å². The van der Waals surface area contributed by atoms with Crippen molar-refractivity contribution in [3.8, 4) is 5.75 Å². The minimum atomic E-state index is -0.397. The second kappa shape index (κ2) is 7.61. The summed E-state index contributed by atoms with van der Waals surface area (Å²) >= 11 is 0. The summed E-state index contributed by atoms with van der Waals surface area (Å²) in [5, 5.41) is 0.584. The first kappa shape index (κ1) is 16.7. The monoisotopic (exact) mass is 338 g/mol. The van der Waals surface area contributed by atoms with Gasteiger partial charge < -0.3 is 9.47 Å². The lowest BCUT2D eigenvalue weighted by Crippen LogP contribution is -2.21. The molecule has 0 fully saturated rings. The highest BCUT2D eigenvalue weighted by Crippen LogP contribution is 2.12. The summed E-state index contributed by atoms with van der Waals surface area (Å²) in [4.78, 5) is 28.6. The molecule has 0 aliphatic rings. The SMILES string of the molecule is COc1ccc(C(=O)OCCCn2cnc3ccccc3c2=O)cc1. The van der Waals surface area contributed by atoms with Crippen LogP contribution in [-0.2, 0) is 11.3 Å². The van der Waals surface area contributed by atoms with E-state index in [1.165, 1.54) is 10.9 Å². The summed E-state index contributed by atoms with van der Waals surface area (Å²) < 4.78 is 11.8. The molecule has 6 nitrogen and oxygen atoms in total. The maximum absolute atomic E-state index is 12.3. The van der Waals surface area contributed by atoms with Crippen molar-refractivity contribution in [2.24, 2.45) is 0 Å². The Morgan fingerprint density at radius 2 is 1.88 bits per heavy atom. The zero-order valence-electron chi connectivity index (χ0n) is 13.8. The first-order valence-corrected chi connectivity index (χ1v) is 7.94. The van der Waals surface area contributed by atoms with E-state index >= 15 is 0 Å². The number of rotatable bonds is 6. The van der Waals surface area contributed by atoms with Gasteiger partial charge in [-0.05, 0) is 42.8 Å². The molecule has 0 aliphatic carbocycles. The maximum atomic E-state index is 12.3. The van der Waals surface area contributed by atoms with E-state index < -0.39 is 5.97 Å². The molecule has 2 aromatic carbocycles. The minimum absolute atomic E-state index is 0.0907. The average Bonchev–Trinajstić information content (AvgIpc) is 2.67. The Hall–Kier alpha value is -3.15. The Bertz CT molecular complexity index is 932. The number of aromatic nitrogens is 2. The van der Waals surface area contributed by atoms with Crippen molar-refractivity contribution in [3.05, 3.63) is 70.8 Å². The van der Waals surface area contributed by atoms with Crippen LogP contribution < -0.4 is 10.3 Å². The molecule has 0 bridgehead atoms. The molecule has 0 N–H and O–H groups in total. The smallest absolute Gasteiger partial charge is 0.338 e. The first-order valence-electron chi connectivity index (χ1n) is 7.94. The van der Waals surface area contributed by atoms with Gasteiger partial charge in [0.05, 0.1) is 36.5 Å². The minimum Gasteiger partial charge on any atom is -0.497 e. The molecule has 1 aromatic heterocycles. The van der Waals surface area contributed by atoms with Crippen molar-refractivity contribution in [2.75, 3.05) is 13.7 Å². The van der Waals surface area contributed by atoms with Gasteiger partial charge in [0.1, 0.15) is 5.75 Å². The van der Waals surface area contributed by atoms with Gasteiger partial charge in [-0.25, -0.2) is 9.78 Å². The van der Waals surface area contributed by atoms with Crippen LogP contribution in [0.4, 0.5) is 0 Å². The van der Waals surface area contributed by atoms with E-state index in [-0.39, 0.29) is 12.2 Å². The topological polar surface area (TPSA) is 70.4 Å². The summed E-state index contributed by atoms with van der Waals surface area (Å²) in [6.07, 6.45) is 2.05. The predicted octanol–water partition coefficient (Wildman–Crippen LogP) is 2.65. The normalized spacial score (nSPS) is 10.6. The summed E-state index contributed by atoms with van der Waals surface area (Å²) in [5.41, 5.74) is 1.05. The van der Waals surface area contributed by atoms with Crippen molar-refractivity contribution in [1.29, 1.82) is 0 Å². The molecular weight excluding hydrogens is 320 g/mol. The fourth-order valence-electron chi connectivity index (χ4n) is 2.48. The van der Waals surface area contributed by atoms with Crippen LogP contribution in [0.3, 0.4) is 0 Å². The second-order valence-corrected chi connectivity index (χ2v) is 5.48. The van der Waals surface area contributed by atoms with E-state index in [0.29, 0.717) is 35.2 Å². The number of nitrogens with zero attached hydrogens (tertiary/aromatic N) is 2. The van der Waals surface area contributed by atoms with Crippen LogP contribution in [0, 0.1) is 0 Å². The Morgan fingerprint density at radius 3 is 2.64 bits per heavy atom. The molecule has 0 radical (unpaired) electrons. The van der Waals surface area contributed by atoms with E-state index in [2.05, 4.69) is 4.98 Å². The van der Waals surface area contributed by atoms with Gasteiger partial charge in [-0.3, -0.25) is 9.36 Å². The number of ether oxygens (including phenoxy) is 2. The quantitative estimate of drug-likeness (QED) is 0.510. The lowest BCUT2D eigenvalue weighted by molar-refractivity contribution is 0.0495. The molecule has 1 heterocycles. The molecule has 0 saturated carbocycles. The van der Waals surface area contributed by atoms with Crippen molar-refractivity contribution >= 4 is 16.9 Å². The molecule has 25 heavy (non-hydrogen) atoms. The fraction of sp³-hybridized carbons (Fsp3) is 0.211. The number of esters is 1. The first-order chi connectivity index (χ1) is 12.2. The van der Waals surface area contributed by atoms with Crippen LogP contribution in [0.15, 0.2) is 59.7 Å². The van der Waals surface area contributed by atoms with E-state index in [0.717, 1.165) is 0 Å². The van der Waals surface area contributed by atoms with Gasteiger partial charge in [0.15, 0.2) is 0 Å². The van der Waals surface area contributed by atoms with E-state index in [1.807, 2.05) is 12.1 Å². The predicted molar refractivity (Wildman–Crippen MR) is 93.9 cm³/mol. The Balaban J connectivity index is 1.55. The van der Waals surface area contributed by atoms with Crippen molar-refractivity contribution in [2.45, 2.75) is 13.0 Å². The Morgan fingerprint density at radius 1 is 1.12 bits per heavy atom. The van der Waals surface area contributed by atoms with Gasteiger partial charge in [-0.2, -0.15) is 0 Å². The van der Waals surface area contributed by atoms with Gasteiger partial charge in [-0.1, -0.05) is 12.1 Å². The molecular formula is C19H18N2O4. The molecule has 0 amide bonds. The van der Waals surface area contributed by atoms with Gasteiger partial charge >= 0.3 is 5.97 Å². The van der Waals surface area contributed by atoms with Crippen LogP contribution in [0.5, 0.6) is 5.75 Å². The third-order valence-corrected chi connectivity index (χ3v) is 3.83. The standard InChI is InChI=1S/C19H18N2O4/c1-24-15-9-7-14(8-10-15)19(23)25-12-4-11-21-13-20-17-6-3-2-5-16(17)18(21)22/h2-3,5-10,13H,4,11-12H2,1H3. The van der Waals surface area contributed by atoms with Crippen LogP contribution in [0.1, 0.15) is 16.8 Å². The van der Waals surface area contributed by atoms with Crippen LogP contribution in [0.2, 0.25) is 0 Å². The zero-order valence-corrected chi connectivity index (χ0v) is 13.8. The van der Waals surface area contributed by atoms with Crippen LogP contribution in [-0.4, -0.2) is 29.2 Å². The number of carbonyl (C=O) groups excluding carboxylic acids is 1. The molecule has 0 spiro atoms. The van der Waals surface area contributed by atoms with Crippen LogP contribution in [0.25, 0.3) is 10.9 Å². The highest BCUT2D eigenvalue weighted by Gasteiger charge is 2.08. The molecule has 0 atom stereocenters. The number of hydrogen-bond donors (Lipinski definition) is 0. The van der Waals surface area contributed by atoms with Gasteiger partial charge in [-0.15, -0.1) is 0 Å². The summed E-state index contributed by atoms with van der Waals surface area (Å²) in [7, 11) is 1.57. The average molecular weight is 338 g/mol. The van der Waals surface area contributed by atoms with Gasteiger partial charge in [0.2, 0.25) is 0 Å². The van der Waals surface area contributed by atoms with E-state index in [1.54, 1.807) is 43.5 Å². The zero-order chi connectivity index (χ0) is 17.6. The maximum Gasteiger partial charge on any atom is 0.338 e. The second-order valence-electron chi connectivity index (χ2n) is 5.48. The van der Waals surface area contributed by atoms with Crippen LogP contribution >= 0.6 is 0 Å². The summed E-state index contributed by atoms with van der Waals surface area (Å²) in [6.45, 7) is 0.663. The number of hydrogen-bond acceptors (Lipinski definition) is 5. The highest BCUT2D eigenvalue weighted by molar-refractivity contribution is 5.89. The molecule has 6 heteroatoms. The number of aryl methyl sites for hydroxylation is 1. The number of para-hydroxylation sites is 1. The number of carbonyl (C=O) groups is 1. The van der Waals surface area contributed by atoms with E-state index in [4.69, 9.17) is 9.47 Å². The van der Waals surface area contributed by atoms with Crippen molar-refractivity contribution < 1.29 is 14.3 Å². The van der Waals surface area contributed by atoms with Gasteiger partial charge in [0.25, 0.3) is 5.56 Å².